The maximum atomic E-state index is 12.8. The highest BCUT2D eigenvalue weighted by Gasteiger charge is 2.17. The van der Waals surface area contributed by atoms with Gasteiger partial charge in [-0.05, 0) is 48.5 Å². The van der Waals surface area contributed by atoms with E-state index in [9.17, 15) is 9.59 Å². The molecule has 0 saturated heterocycles. The number of carbonyl (C=O) groups excluding carboxylic acids is 2. The topological polar surface area (TPSA) is 85.9 Å². The second kappa shape index (κ2) is 10.3. The summed E-state index contributed by atoms with van der Waals surface area (Å²) in [5, 5.41) is 6.21. The van der Waals surface area contributed by atoms with Gasteiger partial charge >= 0.3 is 0 Å². The van der Waals surface area contributed by atoms with Gasteiger partial charge in [-0.3, -0.25) is 9.59 Å². The molecule has 166 valence electrons. The van der Waals surface area contributed by atoms with Gasteiger partial charge in [0.25, 0.3) is 11.8 Å². The highest BCUT2D eigenvalue weighted by atomic mass is 35.5. The molecular weight excluding hydrogens is 455 g/mol. The van der Waals surface area contributed by atoms with Crippen LogP contribution in [-0.2, 0) is 0 Å². The van der Waals surface area contributed by atoms with E-state index in [0.29, 0.717) is 39.2 Å². The van der Waals surface area contributed by atoms with E-state index >= 15 is 0 Å². The van der Waals surface area contributed by atoms with Crippen LogP contribution >= 0.6 is 23.2 Å². The molecule has 0 aromatic heterocycles. The van der Waals surface area contributed by atoms with Crippen LogP contribution in [0.25, 0.3) is 0 Å². The Labute approximate surface area is 195 Å². The van der Waals surface area contributed by atoms with Crippen LogP contribution in [0.2, 0.25) is 10.0 Å². The Balaban J connectivity index is 1.78. The van der Waals surface area contributed by atoms with Gasteiger partial charge in [-0.25, -0.2) is 0 Å². The van der Waals surface area contributed by atoms with Crippen LogP contribution in [-0.4, -0.2) is 33.1 Å². The Morgan fingerprint density at radius 1 is 0.750 bits per heavy atom. The predicted molar refractivity (Wildman–Crippen MR) is 125 cm³/mol. The molecule has 32 heavy (non-hydrogen) atoms. The summed E-state index contributed by atoms with van der Waals surface area (Å²) in [7, 11) is 4.42. The van der Waals surface area contributed by atoms with E-state index in [4.69, 9.17) is 37.4 Å². The van der Waals surface area contributed by atoms with Crippen molar-refractivity contribution in [2.45, 2.75) is 0 Å². The minimum atomic E-state index is -0.403. The van der Waals surface area contributed by atoms with E-state index in [2.05, 4.69) is 10.6 Å². The van der Waals surface area contributed by atoms with Crippen molar-refractivity contribution in [1.82, 2.24) is 0 Å². The summed E-state index contributed by atoms with van der Waals surface area (Å²) in [4.78, 5) is 25.3. The largest absolute Gasteiger partial charge is 0.493 e. The molecule has 0 radical (unpaired) electrons. The Bertz CT molecular complexity index is 1140. The Morgan fingerprint density at radius 2 is 1.34 bits per heavy atom. The number of carbonyl (C=O) groups is 2. The molecule has 3 aromatic rings. The molecule has 0 aliphatic carbocycles. The predicted octanol–water partition coefficient (Wildman–Crippen LogP) is 5.52. The number of halogens is 2. The van der Waals surface area contributed by atoms with Crippen molar-refractivity contribution in [2.24, 2.45) is 0 Å². The summed E-state index contributed by atoms with van der Waals surface area (Å²) in [5.41, 5.74) is 1.54. The fourth-order valence-electron chi connectivity index (χ4n) is 2.96. The molecule has 0 aliphatic rings. The minimum absolute atomic E-state index is 0.238. The number of ether oxygens (including phenoxy) is 3. The van der Waals surface area contributed by atoms with Gasteiger partial charge in [0.05, 0.1) is 31.9 Å². The maximum Gasteiger partial charge on any atom is 0.257 e. The first kappa shape index (κ1) is 23.2. The van der Waals surface area contributed by atoms with E-state index in [1.165, 1.54) is 33.5 Å². The van der Waals surface area contributed by atoms with Crippen LogP contribution in [0.15, 0.2) is 54.6 Å². The second-order valence-corrected chi connectivity index (χ2v) is 7.37. The van der Waals surface area contributed by atoms with Gasteiger partial charge in [0, 0.05) is 22.0 Å². The number of hydrogen-bond acceptors (Lipinski definition) is 5. The second-order valence-electron chi connectivity index (χ2n) is 6.53. The molecule has 0 atom stereocenters. The lowest BCUT2D eigenvalue weighted by atomic mass is 10.1. The van der Waals surface area contributed by atoms with Crippen molar-refractivity contribution in [2.75, 3.05) is 32.0 Å². The summed E-state index contributed by atoms with van der Waals surface area (Å²) in [6.07, 6.45) is 0. The van der Waals surface area contributed by atoms with Crippen molar-refractivity contribution in [3.8, 4) is 17.2 Å². The molecular formula is C23H20Cl2N2O5. The third-order valence-electron chi connectivity index (χ3n) is 4.48. The molecule has 0 saturated carbocycles. The number of rotatable bonds is 7. The Morgan fingerprint density at radius 3 is 1.88 bits per heavy atom. The molecule has 0 bridgehead atoms. The van der Waals surface area contributed by atoms with Gasteiger partial charge in [-0.1, -0.05) is 29.3 Å². The molecule has 0 heterocycles. The van der Waals surface area contributed by atoms with E-state index in [0.717, 1.165) is 0 Å². The summed E-state index contributed by atoms with van der Waals surface area (Å²) < 4.78 is 15.9. The zero-order valence-electron chi connectivity index (χ0n) is 17.5. The van der Waals surface area contributed by atoms with Crippen LogP contribution in [0.1, 0.15) is 20.7 Å². The SMILES string of the molecule is COc1cc(C(=O)Nc2cccc(NC(=O)c3ccc(Cl)cc3Cl)c2)cc(OC)c1OC. The van der Waals surface area contributed by atoms with Gasteiger partial charge in [-0.2, -0.15) is 0 Å². The molecule has 3 aromatic carbocycles. The normalized spacial score (nSPS) is 10.3. The van der Waals surface area contributed by atoms with Gasteiger partial charge < -0.3 is 24.8 Å². The zero-order valence-corrected chi connectivity index (χ0v) is 19.0. The van der Waals surface area contributed by atoms with Gasteiger partial charge in [-0.15, -0.1) is 0 Å². The summed E-state index contributed by atoms with van der Waals surface area (Å²) >= 11 is 12.0. The molecule has 0 unspecified atom stereocenters. The van der Waals surface area contributed by atoms with Crippen LogP contribution in [0, 0.1) is 0 Å². The molecule has 3 rings (SSSR count). The van der Waals surface area contributed by atoms with E-state index in [1.807, 2.05) is 0 Å². The monoisotopic (exact) mass is 474 g/mol. The molecule has 2 N–H and O–H groups in total. The fourth-order valence-corrected chi connectivity index (χ4v) is 3.46. The minimum Gasteiger partial charge on any atom is -0.493 e. The van der Waals surface area contributed by atoms with Crippen LogP contribution < -0.4 is 24.8 Å². The lowest BCUT2D eigenvalue weighted by Crippen LogP contribution is -2.14. The Hall–Kier alpha value is -3.42. The van der Waals surface area contributed by atoms with E-state index in [-0.39, 0.29) is 10.6 Å². The number of methoxy groups -OCH3 is 3. The van der Waals surface area contributed by atoms with Crippen LogP contribution in [0.3, 0.4) is 0 Å². The number of anilines is 2. The molecule has 0 aliphatic heterocycles. The average molecular weight is 475 g/mol. The third-order valence-corrected chi connectivity index (χ3v) is 5.03. The van der Waals surface area contributed by atoms with Crippen molar-refractivity contribution >= 4 is 46.4 Å². The summed E-state index contributed by atoms with van der Waals surface area (Å²) in [6.45, 7) is 0. The van der Waals surface area contributed by atoms with Crippen molar-refractivity contribution < 1.29 is 23.8 Å². The van der Waals surface area contributed by atoms with E-state index < -0.39 is 11.8 Å². The molecule has 2 amide bonds. The lowest BCUT2D eigenvalue weighted by molar-refractivity contribution is 0.101. The summed E-state index contributed by atoms with van der Waals surface area (Å²) in [6, 6.07) is 14.4. The molecule has 0 spiro atoms. The number of amides is 2. The quantitative estimate of drug-likeness (QED) is 0.470. The fraction of sp³-hybridized carbons (Fsp3) is 0.130. The standard InChI is InChI=1S/C23H20Cl2N2O5/c1-30-19-9-13(10-20(31-2)21(19)32-3)22(28)26-15-5-4-6-16(12-15)27-23(29)17-8-7-14(24)11-18(17)25/h4-12H,1-3H3,(H,26,28)(H,27,29). The first-order valence-corrected chi connectivity index (χ1v) is 10.1. The average Bonchev–Trinajstić information content (AvgIpc) is 2.78. The Kier molecular flexibility index (Phi) is 7.45. The molecule has 7 nitrogen and oxygen atoms in total. The van der Waals surface area contributed by atoms with Gasteiger partial charge in [0.15, 0.2) is 11.5 Å². The van der Waals surface area contributed by atoms with Gasteiger partial charge in [0.1, 0.15) is 0 Å². The number of benzene rings is 3. The highest BCUT2D eigenvalue weighted by Crippen LogP contribution is 2.38. The maximum absolute atomic E-state index is 12.8. The first-order chi connectivity index (χ1) is 15.4. The van der Waals surface area contributed by atoms with Crippen molar-refractivity contribution in [1.29, 1.82) is 0 Å². The summed E-state index contributed by atoms with van der Waals surface area (Å²) in [5.74, 6) is 0.307. The smallest absolute Gasteiger partial charge is 0.257 e. The van der Waals surface area contributed by atoms with Crippen LogP contribution in [0.5, 0.6) is 17.2 Å². The third kappa shape index (κ3) is 5.25. The molecule has 0 fully saturated rings. The first-order valence-electron chi connectivity index (χ1n) is 9.34. The van der Waals surface area contributed by atoms with E-state index in [1.54, 1.807) is 42.5 Å². The van der Waals surface area contributed by atoms with Gasteiger partial charge in [0.2, 0.25) is 5.75 Å². The van der Waals surface area contributed by atoms with Crippen molar-refractivity contribution in [3.05, 3.63) is 75.8 Å². The highest BCUT2D eigenvalue weighted by molar-refractivity contribution is 6.37. The number of nitrogens with one attached hydrogen (secondary N) is 2. The molecule has 9 heteroatoms. The zero-order chi connectivity index (χ0) is 23.3. The lowest BCUT2D eigenvalue weighted by Gasteiger charge is -2.14. The van der Waals surface area contributed by atoms with Crippen LogP contribution in [0.4, 0.5) is 11.4 Å². The van der Waals surface area contributed by atoms with Crippen molar-refractivity contribution in [3.63, 3.8) is 0 Å². The number of hydrogen-bond donors (Lipinski definition) is 2.